The Hall–Kier alpha value is -2.46. The molecule has 2 rings (SSSR count). The van der Waals surface area contributed by atoms with Gasteiger partial charge in [0.05, 0.1) is 36.9 Å². The highest BCUT2D eigenvalue weighted by Gasteiger charge is 2.30. The summed E-state index contributed by atoms with van der Waals surface area (Å²) in [6.45, 7) is 2.56. The zero-order chi connectivity index (χ0) is 15.4. The third-order valence-corrected chi connectivity index (χ3v) is 3.32. The molecule has 0 radical (unpaired) electrons. The molecular formula is C14H15N3O4. The van der Waals surface area contributed by atoms with Crippen molar-refractivity contribution in [2.45, 2.75) is 19.4 Å². The number of pyridine rings is 1. The zero-order valence-corrected chi connectivity index (χ0v) is 11.6. The maximum absolute atomic E-state index is 12.5. The third-order valence-electron chi connectivity index (χ3n) is 3.32. The van der Waals surface area contributed by atoms with Gasteiger partial charge in [-0.25, -0.2) is 4.98 Å². The third kappa shape index (κ3) is 3.35. The van der Waals surface area contributed by atoms with Crippen LogP contribution in [0.1, 0.15) is 28.2 Å². The number of nitrogens with zero attached hydrogens (tertiary/aromatic N) is 3. The number of carboxylic acids is 1. The number of rotatable bonds is 3. The Morgan fingerprint density at radius 2 is 2.33 bits per heavy atom. The highest BCUT2D eigenvalue weighted by Crippen LogP contribution is 2.15. The number of aromatic nitrogens is 1. The van der Waals surface area contributed by atoms with E-state index in [9.17, 15) is 9.59 Å². The van der Waals surface area contributed by atoms with Crippen LogP contribution < -0.4 is 0 Å². The summed E-state index contributed by atoms with van der Waals surface area (Å²) < 4.78 is 5.24. The summed E-state index contributed by atoms with van der Waals surface area (Å²) in [5.74, 6) is -1.32. The summed E-state index contributed by atoms with van der Waals surface area (Å²) in [6, 6.07) is 4.52. The molecular weight excluding hydrogens is 274 g/mol. The van der Waals surface area contributed by atoms with Crippen LogP contribution in [0.3, 0.4) is 0 Å². The topological polar surface area (TPSA) is 104 Å². The highest BCUT2D eigenvalue weighted by atomic mass is 16.5. The molecule has 0 aliphatic carbocycles. The molecule has 0 bridgehead atoms. The summed E-state index contributed by atoms with van der Waals surface area (Å²) in [4.78, 5) is 28.9. The van der Waals surface area contributed by atoms with E-state index in [-0.39, 0.29) is 24.6 Å². The lowest BCUT2D eigenvalue weighted by Gasteiger charge is -2.34. The molecule has 1 aromatic rings. The van der Waals surface area contributed by atoms with Gasteiger partial charge < -0.3 is 14.7 Å². The molecule has 21 heavy (non-hydrogen) atoms. The van der Waals surface area contributed by atoms with Gasteiger partial charge in [-0.2, -0.15) is 5.26 Å². The number of nitriles is 1. The largest absolute Gasteiger partial charge is 0.481 e. The van der Waals surface area contributed by atoms with E-state index in [4.69, 9.17) is 15.1 Å². The molecule has 1 aliphatic rings. The summed E-state index contributed by atoms with van der Waals surface area (Å²) in [5, 5.41) is 17.8. The molecule has 1 aromatic heterocycles. The second kappa shape index (κ2) is 6.33. The van der Waals surface area contributed by atoms with Gasteiger partial charge in [0.25, 0.3) is 5.91 Å². The maximum atomic E-state index is 12.5. The number of carbonyl (C=O) groups is 2. The molecule has 110 valence electrons. The van der Waals surface area contributed by atoms with Crippen molar-refractivity contribution in [1.29, 1.82) is 5.26 Å². The molecule has 1 amide bonds. The zero-order valence-electron chi connectivity index (χ0n) is 11.6. The Bertz CT molecular complexity index is 609. The van der Waals surface area contributed by atoms with Crippen molar-refractivity contribution in [2.24, 2.45) is 0 Å². The maximum Gasteiger partial charge on any atom is 0.305 e. The number of hydrogen-bond donors (Lipinski definition) is 1. The lowest BCUT2D eigenvalue weighted by atomic mass is 10.1. The van der Waals surface area contributed by atoms with Gasteiger partial charge in [0.15, 0.2) is 0 Å². The average Bonchev–Trinajstić information content (AvgIpc) is 2.46. The van der Waals surface area contributed by atoms with Gasteiger partial charge in [-0.3, -0.25) is 9.59 Å². The summed E-state index contributed by atoms with van der Waals surface area (Å²) >= 11 is 0. The van der Waals surface area contributed by atoms with Gasteiger partial charge in [0.1, 0.15) is 11.8 Å². The van der Waals surface area contributed by atoms with E-state index in [1.807, 2.05) is 6.07 Å². The van der Waals surface area contributed by atoms with Crippen molar-refractivity contribution in [3.05, 3.63) is 29.1 Å². The van der Waals surface area contributed by atoms with Gasteiger partial charge in [0.2, 0.25) is 0 Å². The van der Waals surface area contributed by atoms with Crippen LogP contribution in [0, 0.1) is 18.3 Å². The number of ether oxygens (including phenoxy) is 1. The Labute approximate surface area is 121 Å². The van der Waals surface area contributed by atoms with Gasteiger partial charge >= 0.3 is 5.97 Å². The summed E-state index contributed by atoms with van der Waals surface area (Å²) in [7, 11) is 0. The molecule has 0 aromatic carbocycles. The second-order valence-electron chi connectivity index (χ2n) is 4.77. The molecule has 1 fully saturated rings. The predicted molar refractivity (Wildman–Crippen MR) is 71.6 cm³/mol. The highest BCUT2D eigenvalue weighted by molar-refractivity contribution is 5.93. The first-order valence-electron chi connectivity index (χ1n) is 6.51. The van der Waals surface area contributed by atoms with Crippen molar-refractivity contribution < 1.29 is 19.4 Å². The van der Waals surface area contributed by atoms with Crippen LogP contribution in [-0.4, -0.2) is 52.7 Å². The van der Waals surface area contributed by atoms with Crippen molar-refractivity contribution >= 4 is 11.9 Å². The van der Waals surface area contributed by atoms with Crippen LogP contribution in [0.4, 0.5) is 0 Å². The van der Waals surface area contributed by atoms with E-state index < -0.39 is 12.0 Å². The summed E-state index contributed by atoms with van der Waals surface area (Å²) in [5.41, 5.74) is 1.10. The van der Waals surface area contributed by atoms with Crippen molar-refractivity contribution in [1.82, 2.24) is 9.88 Å². The molecule has 0 spiro atoms. The average molecular weight is 289 g/mol. The van der Waals surface area contributed by atoms with Crippen molar-refractivity contribution in [3.63, 3.8) is 0 Å². The lowest BCUT2D eigenvalue weighted by molar-refractivity contribution is -0.139. The van der Waals surface area contributed by atoms with E-state index in [1.165, 1.54) is 11.0 Å². The number of morpholine rings is 1. The fraction of sp³-hybridized carbons (Fsp3) is 0.429. The molecule has 0 saturated carbocycles. The number of aliphatic carboxylic acids is 1. The number of carboxylic acid groups (broad SMARTS) is 1. The molecule has 1 saturated heterocycles. The van der Waals surface area contributed by atoms with E-state index in [1.54, 1.807) is 13.0 Å². The fourth-order valence-electron chi connectivity index (χ4n) is 2.24. The van der Waals surface area contributed by atoms with Gasteiger partial charge in [-0.05, 0) is 19.1 Å². The van der Waals surface area contributed by atoms with E-state index >= 15 is 0 Å². The Morgan fingerprint density at radius 3 is 2.95 bits per heavy atom. The monoisotopic (exact) mass is 289 g/mol. The number of aryl methyl sites for hydroxylation is 1. The minimum Gasteiger partial charge on any atom is -0.481 e. The number of carbonyl (C=O) groups excluding carboxylic acids is 1. The molecule has 1 N–H and O–H groups in total. The molecule has 7 heteroatoms. The van der Waals surface area contributed by atoms with Crippen LogP contribution in [0.15, 0.2) is 12.1 Å². The first kappa shape index (κ1) is 14.9. The van der Waals surface area contributed by atoms with E-state index in [0.717, 1.165) is 0 Å². The fourth-order valence-corrected chi connectivity index (χ4v) is 2.24. The van der Waals surface area contributed by atoms with Gasteiger partial charge in [0, 0.05) is 6.54 Å². The molecule has 1 unspecified atom stereocenters. The van der Waals surface area contributed by atoms with E-state index in [0.29, 0.717) is 24.4 Å². The summed E-state index contributed by atoms with van der Waals surface area (Å²) in [6.07, 6.45) is -0.166. The van der Waals surface area contributed by atoms with Crippen LogP contribution >= 0.6 is 0 Å². The number of amides is 1. The lowest BCUT2D eigenvalue weighted by Crippen LogP contribution is -2.49. The first-order chi connectivity index (χ1) is 10.0. The van der Waals surface area contributed by atoms with Crippen LogP contribution in [0.5, 0.6) is 0 Å². The smallest absolute Gasteiger partial charge is 0.305 e. The Morgan fingerprint density at radius 1 is 1.57 bits per heavy atom. The molecule has 1 atom stereocenters. The number of hydrogen-bond acceptors (Lipinski definition) is 5. The predicted octanol–water partition coefficient (Wildman–Crippen LogP) is 0.577. The Kier molecular flexibility index (Phi) is 4.50. The first-order valence-corrected chi connectivity index (χ1v) is 6.51. The molecule has 7 nitrogen and oxygen atoms in total. The molecule has 2 heterocycles. The van der Waals surface area contributed by atoms with Crippen molar-refractivity contribution in [2.75, 3.05) is 19.8 Å². The van der Waals surface area contributed by atoms with Crippen LogP contribution in [0.2, 0.25) is 0 Å². The Balaban J connectivity index is 2.22. The normalized spacial score (nSPS) is 18.1. The van der Waals surface area contributed by atoms with Gasteiger partial charge in [-0.1, -0.05) is 0 Å². The van der Waals surface area contributed by atoms with Gasteiger partial charge in [-0.15, -0.1) is 0 Å². The second-order valence-corrected chi connectivity index (χ2v) is 4.77. The quantitative estimate of drug-likeness (QED) is 0.872. The van der Waals surface area contributed by atoms with Crippen LogP contribution in [0.25, 0.3) is 0 Å². The minimum absolute atomic E-state index is 0.166. The van der Waals surface area contributed by atoms with Crippen molar-refractivity contribution in [3.8, 4) is 6.07 Å². The SMILES string of the molecule is Cc1nc(C(=O)N2CCOCC2CC(=O)O)ccc1C#N. The van der Waals surface area contributed by atoms with Crippen LogP contribution in [-0.2, 0) is 9.53 Å². The van der Waals surface area contributed by atoms with E-state index in [2.05, 4.69) is 4.98 Å². The minimum atomic E-state index is -0.979. The molecule has 1 aliphatic heterocycles. The standard InChI is InChI=1S/C14H15N3O4/c1-9-10(7-15)2-3-12(16-9)14(20)17-4-5-21-8-11(17)6-13(18)19/h2-3,11H,4-6,8H2,1H3,(H,18,19).